The molecule has 4 nitrogen and oxygen atoms in total. The van der Waals surface area contributed by atoms with Crippen molar-refractivity contribution in [3.05, 3.63) is 23.9 Å². The largest absolute Gasteiger partial charge is 0.370 e. The fourth-order valence-electron chi connectivity index (χ4n) is 1.30. The lowest BCUT2D eigenvalue weighted by atomic mass is 10.3. The molecule has 88 valence electrons. The van der Waals surface area contributed by atoms with E-state index in [4.69, 9.17) is 0 Å². The zero-order valence-electron chi connectivity index (χ0n) is 9.92. The number of amides is 1. The minimum atomic E-state index is 0.0852. The summed E-state index contributed by atoms with van der Waals surface area (Å²) >= 11 is 0. The standard InChI is InChI=1S/C12H19N3O/c1-3-8-14-12(16)7-9-13-11-6-4-5-10(2)15-11/h4-6H,3,7-9H2,1-2H3,(H,13,15)(H,14,16). The summed E-state index contributed by atoms with van der Waals surface area (Å²) in [6, 6.07) is 5.79. The highest BCUT2D eigenvalue weighted by Gasteiger charge is 1.99. The molecule has 0 fully saturated rings. The Morgan fingerprint density at radius 1 is 1.38 bits per heavy atom. The average Bonchev–Trinajstić information content (AvgIpc) is 2.26. The van der Waals surface area contributed by atoms with Crippen molar-refractivity contribution >= 4 is 11.7 Å². The maximum Gasteiger partial charge on any atom is 0.221 e. The molecule has 1 heterocycles. The van der Waals surface area contributed by atoms with Crippen molar-refractivity contribution in [1.29, 1.82) is 0 Å². The van der Waals surface area contributed by atoms with Crippen LogP contribution in [-0.4, -0.2) is 24.0 Å². The lowest BCUT2D eigenvalue weighted by Gasteiger charge is -2.06. The molecule has 2 N–H and O–H groups in total. The zero-order valence-corrected chi connectivity index (χ0v) is 9.92. The first-order valence-corrected chi connectivity index (χ1v) is 5.66. The second-order valence-corrected chi connectivity index (χ2v) is 3.69. The van der Waals surface area contributed by atoms with Gasteiger partial charge in [0.25, 0.3) is 0 Å². The molecular formula is C12H19N3O. The second kappa shape index (κ2) is 6.82. The van der Waals surface area contributed by atoms with Crippen LogP contribution >= 0.6 is 0 Å². The van der Waals surface area contributed by atoms with Gasteiger partial charge in [-0.2, -0.15) is 0 Å². The quantitative estimate of drug-likeness (QED) is 0.769. The Bertz CT molecular complexity index is 339. The van der Waals surface area contributed by atoms with Gasteiger partial charge in [0.1, 0.15) is 5.82 Å². The Balaban J connectivity index is 2.22. The van der Waals surface area contributed by atoms with Crippen molar-refractivity contribution < 1.29 is 4.79 Å². The summed E-state index contributed by atoms with van der Waals surface area (Å²) in [5.74, 6) is 0.908. The van der Waals surface area contributed by atoms with Gasteiger partial charge in [0.05, 0.1) is 0 Å². The number of aryl methyl sites for hydroxylation is 1. The summed E-state index contributed by atoms with van der Waals surface area (Å²) in [5, 5.41) is 5.95. The van der Waals surface area contributed by atoms with E-state index in [1.54, 1.807) is 0 Å². The lowest BCUT2D eigenvalue weighted by Crippen LogP contribution is -2.25. The number of nitrogens with zero attached hydrogens (tertiary/aromatic N) is 1. The van der Waals surface area contributed by atoms with Crippen molar-refractivity contribution in [2.24, 2.45) is 0 Å². The van der Waals surface area contributed by atoms with Gasteiger partial charge in [0, 0.05) is 25.2 Å². The molecule has 0 spiro atoms. The summed E-state index contributed by atoms with van der Waals surface area (Å²) < 4.78 is 0. The van der Waals surface area contributed by atoms with Crippen LogP contribution in [0.4, 0.5) is 5.82 Å². The van der Waals surface area contributed by atoms with Crippen molar-refractivity contribution in [2.45, 2.75) is 26.7 Å². The third kappa shape index (κ3) is 4.77. The number of hydrogen-bond donors (Lipinski definition) is 2. The molecule has 0 atom stereocenters. The number of aromatic nitrogens is 1. The minimum Gasteiger partial charge on any atom is -0.370 e. The molecule has 1 aromatic heterocycles. The molecule has 0 aromatic carbocycles. The number of pyridine rings is 1. The molecule has 0 saturated carbocycles. The van der Waals surface area contributed by atoms with Crippen LogP contribution in [0.3, 0.4) is 0 Å². The van der Waals surface area contributed by atoms with Crippen LogP contribution in [0.15, 0.2) is 18.2 Å². The summed E-state index contributed by atoms with van der Waals surface area (Å²) in [5.41, 5.74) is 0.973. The number of carbonyl (C=O) groups is 1. The van der Waals surface area contributed by atoms with Gasteiger partial charge in [-0.1, -0.05) is 13.0 Å². The Hall–Kier alpha value is -1.58. The van der Waals surface area contributed by atoms with Crippen molar-refractivity contribution in [2.75, 3.05) is 18.4 Å². The molecule has 4 heteroatoms. The normalized spacial score (nSPS) is 9.88. The van der Waals surface area contributed by atoms with Gasteiger partial charge < -0.3 is 10.6 Å². The van der Waals surface area contributed by atoms with Crippen LogP contribution in [0.1, 0.15) is 25.5 Å². The third-order valence-electron chi connectivity index (χ3n) is 2.12. The molecule has 1 aromatic rings. The van der Waals surface area contributed by atoms with E-state index in [1.807, 2.05) is 32.0 Å². The highest BCUT2D eigenvalue weighted by atomic mass is 16.1. The van der Waals surface area contributed by atoms with Gasteiger partial charge in [-0.25, -0.2) is 4.98 Å². The van der Waals surface area contributed by atoms with E-state index >= 15 is 0 Å². The maximum absolute atomic E-state index is 11.3. The van der Waals surface area contributed by atoms with Crippen molar-refractivity contribution in [3.8, 4) is 0 Å². The Morgan fingerprint density at radius 2 is 2.19 bits per heavy atom. The Labute approximate surface area is 96.5 Å². The van der Waals surface area contributed by atoms with Crippen LogP contribution in [0.2, 0.25) is 0 Å². The van der Waals surface area contributed by atoms with E-state index in [-0.39, 0.29) is 5.91 Å². The predicted octanol–water partition coefficient (Wildman–Crippen LogP) is 1.72. The number of rotatable bonds is 6. The van der Waals surface area contributed by atoms with Gasteiger partial charge in [0.2, 0.25) is 5.91 Å². The number of carbonyl (C=O) groups excluding carboxylic acids is 1. The number of anilines is 1. The molecular weight excluding hydrogens is 202 g/mol. The summed E-state index contributed by atoms with van der Waals surface area (Å²) in [6.07, 6.45) is 1.45. The Morgan fingerprint density at radius 3 is 2.88 bits per heavy atom. The number of nitrogens with one attached hydrogen (secondary N) is 2. The molecule has 16 heavy (non-hydrogen) atoms. The van der Waals surface area contributed by atoms with Gasteiger partial charge in [0.15, 0.2) is 0 Å². The van der Waals surface area contributed by atoms with Gasteiger partial charge in [-0.3, -0.25) is 4.79 Å². The van der Waals surface area contributed by atoms with E-state index in [0.29, 0.717) is 13.0 Å². The maximum atomic E-state index is 11.3. The number of hydrogen-bond acceptors (Lipinski definition) is 3. The molecule has 0 saturated heterocycles. The molecule has 1 amide bonds. The molecule has 0 aliphatic heterocycles. The highest BCUT2D eigenvalue weighted by Crippen LogP contribution is 2.03. The molecule has 0 aliphatic carbocycles. The summed E-state index contributed by atoms with van der Waals surface area (Å²) in [6.45, 7) is 5.35. The van der Waals surface area contributed by atoms with E-state index in [2.05, 4.69) is 15.6 Å². The fraction of sp³-hybridized carbons (Fsp3) is 0.500. The minimum absolute atomic E-state index is 0.0852. The van der Waals surface area contributed by atoms with E-state index in [1.165, 1.54) is 0 Å². The first-order chi connectivity index (χ1) is 7.72. The first-order valence-electron chi connectivity index (χ1n) is 5.66. The fourth-order valence-corrected chi connectivity index (χ4v) is 1.30. The van der Waals surface area contributed by atoms with E-state index in [9.17, 15) is 4.79 Å². The topological polar surface area (TPSA) is 54.0 Å². The van der Waals surface area contributed by atoms with Crippen molar-refractivity contribution in [1.82, 2.24) is 10.3 Å². The average molecular weight is 221 g/mol. The second-order valence-electron chi connectivity index (χ2n) is 3.69. The summed E-state index contributed by atoms with van der Waals surface area (Å²) in [7, 11) is 0. The smallest absolute Gasteiger partial charge is 0.221 e. The van der Waals surface area contributed by atoms with Crippen molar-refractivity contribution in [3.63, 3.8) is 0 Å². The molecule has 0 radical (unpaired) electrons. The zero-order chi connectivity index (χ0) is 11.8. The third-order valence-corrected chi connectivity index (χ3v) is 2.12. The highest BCUT2D eigenvalue weighted by molar-refractivity contribution is 5.76. The van der Waals surface area contributed by atoms with Gasteiger partial charge in [-0.15, -0.1) is 0 Å². The SMILES string of the molecule is CCCNC(=O)CCNc1cccc(C)n1. The monoisotopic (exact) mass is 221 g/mol. The van der Waals surface area contributed by atoms with Crippen LogP contribution in [0.5, 0.6) is 0 Å². The molecule has 0 bridgehead atoms. The predicted molar refractivity (Wildman–Crippen MR) is 65.4 cm³/mol. The van der Waals surface area contributed by atoms with Crippen LogP contribution in [-0.2, 0) is 4.79 Å². The summed E-state index contributed by atoms with van der Waals surface area (Å²) in [4.78, 5) is 15.6. The molecule has 0 unspecified atom stereocenters. The van der Waals surface area contributed by atoms with E-state index in [0.717, 1.165) is 24.5 Å². The lowest BCUT2D eigenvalue weighted by molar-refractivity contribution is -0.120. The molecule has 0 aliphatic rings. The van der Waals surface area contributed by atoms with Crippen LogP contribution in [0, 0.1) is 6.92 Å². The van der Waals surface area contributed by atoms with Crippen LogP contribution in [0.25, 0.3) is 0 Å². The van der Waals surface area contributed by atoms with Gasteiger partial charge >= 0.3 is 0 Å². The Kier molecular flexibility index (Phi) is 5.32. The van der Waals surface area contributed by atoms with E-state index < -0.39 is 0 Å². The van der Waals surface area contributed by atoms with Gasteiger partial charge in [-0.05, 0) is 25.5 Å². The van der Waals surface area contributed by atoms with Crippen LogP contribution < -0.4 is 10.6 Å². The molecule has 1 rings (SSSR count). The first kappa shape index (κ1) is 12.5.